The van der Waals surface area contributed by atoms with Crippen LogP contribution < -0.4 is 5.32 Å². The molecule has 0 fully saturated rings. The Hall–Kier alpha value is -1.74. The van der Waals surface area contributed by atoms with E-state index in [0.717, 1.165) is 28.9 Å². The SMILES string of the molecule is CNCc1ccc(F)cc1-c1ccnc(C)c1. The third kappa shape index (κ3) is 2.68. The van der Waals surface area contributed by atoms with Crippen molar-refractivity contribution in [2.24, 2.45) is 0 Å². The molecule has 0 aliphatic carbocycles. The van der Waals surface area contributed by atoms with E-state index in [0.29, 0.717) is 0 Å². The molecule has 1 heterocycles. The highest BCUT2D eigenvalue weighted by Gasteiger charge is 2.06. The van der Waals surface area contributed by atoms with Crippen LogP contribution in [0.25, 0.3) is 11.1 Å². The van der Waals surface area contributed by atoms with Crippen molar-refractivity contribution in [3.05, 3.63) is 53.6 Å². The van der Waals surface area contributed by atoms with Gasteiger partial charge in [-0.15, -0.1) is 0 Å². The molecule has 17 heavy (non-hydrogen) atoms. The van der Waals surface area contributed by atoms with Crippen molar-refractivity contribution in [2.45, 2.75) is 13.5 Å². The fraction of sp³-hybridized carbons (Fsp3) is 0.214. The fourth-order valence-corrected chi connectivity index (χ4v) is 1.88. The molecule has 2 aromatic rings. The first-order chi connectivity index (χ1) is 8.20. The molecule has 0 saturated carbocycles. The van der Waals surface area contributed by atoms with E-state index in [4.69, 9.17) is 0 Å². The van der Waals surface area contributed by atoms with E-state index in [1.807, 2.05) is 32.2 Å². The fourth-order valence-electron chi connectivity index (χ4n) is 1.88. The van der Waals surface area contributed by atoms with Gasteiger partial charge in [0.1, 0.15) is 5.82 Å². The first-order valence-electron chi connectivity index (χ1n) is 5.57. The van der Waals surface area contributed by atoms with Crippen LogP contribution in [-0.4, -0.2) is 12.0 Å². The maximum absolute atomic E-state index is 13.3. The predicted octanol–water partition coefficient (Wildman–Crippen LogP) is 2.92. The summed E-state index contributed by atoms with van der Waals surface area (Å²) in [5.41, 5.74) is 3.94. The molecule has 88 valence electrons. The summed E-state index contributed by atoms with van der Waals surface area (Å²) in [5, 5.41) is 3.09. The third-order valence-electron chi connectivity index (χ3n) is 2.65. The summed E-state index contributed by atoms with van der Waals surface area (Å²) >= 11 is 0. The summed E-state index contributed by atoms with van der Waals surface area (Å²) in [6, 6.07) is 8.75. The van der Waals surface area contributed by atoms with Crippen LogP contribution in [0.5, 0.6) is 0 Å². The van der Waals surface area contributed by atoms with Crippen molar-refractivity contribution in [3.8, 4) is 11.1 Å². The van der Waals surface area contributed by atoms with Crippen molar-refractivity contribution >= 4 is 0 Å². The maximum Gasteiger partial charge on any atom is 0.123 e. The van der Waals surface area contributed by atoms with Crippen molar-refractivity contribution in [1.29, 1.82) is 0 Å². The molecular weight excluding hydrogens is 215 g/mol. The molecule has 0 aliphatic rings. The summed E-state index contributed by atoms with van der Waals surface area (Å²) in [7, 11) is 1.88. The van der Waals surface area contributed by atoms with Crippen molar-refractivity contribution in [3.63, 3.8) is 0 Å². The highest BCUT2D eigenvalue weighted by Crippen LogP contribution is 2.24. The zero-order chi connectivity index (χ0) is 12.3. The van der Waals surface area contributed by atoms with Gasteiger partial charge in [0.25, 0.3) is 0 Å². The first kappa shape index (κ1) is 11.7. The number of pyridine rings is 1. The van der Waals surface area contributed by atoms with Crippen molar-refractivity contribution < 1.29 is 4.39 Å². The normalized spacial score (nSPS) is 10.5. The van der Waals surface area contributed by atoms with E-state index in [-0.39, 0.29) is 5.82 Å². The molecule has 0 amide bonds. The molecule has 2 rings (SSSR count). The van der Waals surface area contributed by atoms with Gasteiger partial charge in [0.05, 0.1) is 0 Å². The van der Waals surface area contributed by atoms with Crippen LogP contribution in [0.4, 0.5) is 4.39 Å². The van der Waals surface area contributed by atoms with Gasteiger partial charge in [0.15, 0.2) is 0 Å². The second-order valence-corrected chi connectivity index (χ2v) is 4.02. The quantitative estimate of drug-likeness (QED) is 0.877. The van der Waals surface area contributed by atoms with E-state index in [9.17, 15) is 4.39 Å². The van der Waals surface area contributed by atoms with Crippen LogP contribution >= 0.6 is 0 Å². The summed E-state index contributed by atoms with van der Waals surface area (Å²) in [6.45, 7) is 2.65. The molecular formula is C14H15FN2. The molecule has 0 atom stereocenters. The lowest BCUT2D eigenvalue weighted by Gasteiger charge is -2.10. The highest BCUT2D eigenvalue weighted by atomic mass is 19.1. The Morgan fingerprint density at radius 2 is 2.06 bits per heavy atom. The van der Waals surface area contributed by atoms with E-state index < -0.39 is 0 Å². The third-order valence-corrected chi connectivity index (χ3v) is 2.65. The molecule has 0 bridgehead atoms. The monoisotopic (exact) mass is 230 g/mol. The summed E-state index contributed by atoms with van der Waals surface area (Å²) in [5.74, 6) is -0.214. The number of aryl methyl sites for hydroxylation is 1. The zero-order valence-electron chi connectivity index (χ0n) is 10.00. The van der Waals surface area contributed by atoms with Gasteiger partial charge in [0.2, 0.25) is 0 Å². The van der Waals surface area contributed by atoms with Crippen molar-refractivity contribution in [1.82, 2.24) is 10.3 Å². The summed E-state index contributed by atoms with van der Waals surface area (Å²) in [6.07, 6.45) is 1.75. The molecule has 0 aliphatic heterocycles. The average Bonchev–Trinajstić information content (AvgIpc) is 2.32. The van der Waals surface area contributed by atoms with Gasteiger partial charge < -0.3 is 5.32 Å². The van der Waals surface area contributed by atoms with Crippen LogP contribution in [0, 0.1) is 12.7 Å². The van der Waals surface area contributed by atoms with E-state index >= 15 is 0 Å². The van der Waals surface area contributed by atoms with Crippen molar-refractivity contribution in [2.75, 3.05) is 7.05 Å². The molecule has 1 aromatic carbocycles. The number of benzene rings is 1. The number of aromatic nitrogens is 1. The Kier molecular flexibility index (Phi) is 3.49. The number of halogens is 1. The van der Waals surface area contributed by atoms with Gasteiger partial charge >= 0.3 is 0 Å². The van der Waals surface area contributed by atoms with Gasteiger partial charge in [-0.25, -0.2) is 4.39 Å². The number of hydrogen-bond donors (Lipinski definition) is 1. The Morgan fingerprint density at radius 3 is 2.76 bits per heavy atom. The predicted molar refractivity (Wildman–Crippen MR) is 67.1 cm³/mol. The van der Waals surface area contributed by atoms with Crippen LogP contribution in [-0.2, 0) is 6.54 Å². The van der Waals surface area contributed by atoms with Gasteiger partial charge in [-0.05, 0) is 54.9 Å². The Bertz CT molecular complexity index is 523. The highest BCUT2D eigenvalue weighted by molar-refractivity contribution is 5.67. The number of rotatable bonds is 3. The molecule has 3 heteroatoms. The summed E-state index contributed by atoms with van der Waals surface area (Å²) in [4.78, 5) is 4.15. The van der Waals surface area contributed by atoms with Crippen LogP contribution in [0.1, 0.15) is 11.3 Å². The molecule has 1 aromatic heterocycles. The Morgan fingerprint density at radius 1 is 1.24 bits per heavy atom. The molecule has 0 radical (unpaired) electrons. The van der Waals surface area contributed by atoms with E-state index in [1.54, 1.807) is 12.3 Å². The molecule has 0 unspecified atom stereocenters. The van der Waals surface area contributed by atoms with Crippen LogP contribution in [0.3, 0.4) is 0 Å². The van der Waals surface area contributed by atoms with E-state index in [2.05, 4.69) is 10.3 Å². The van der Waals surface area contributed by atoms with Crippen LogP contribution in [0.15, 0.2) is 36.5 Å². The smallest absolute Gasteiger partial charge is 0.123 e. The lowest BCUT2D eigenvalue weighted by atomic mass is 10.00. The minimum Gasteiger partial charge on any atom is -0.316 e. The van der Waals surface area contributed by atoms with Gasteiger partial charge in [0, 0.05) is 18.4 Å². The second-order valence-electron chi connectivity index (χ2n) is 4.02. The first-order valence-corrected chi connectivity index (χ1v) is 5.57. The topological polar surface area (TPSA) is 24.9 Å². The largest absolute Gasteiger partial charge is 0.316 e. The minimum atomic E-state index is -0.214. The van der Waals surface area contributed by atoms with Gasteiger partial charge in [-0.3, -0.25) is 4.98 Å². The van der Waals surface area contributed by atoms with Crippen LogP contribution in [0.2, 0.25) is 0 Å². The number of hydrogen-bond acceptors (Lipinski definition) is 2. The lowest BCUT2D eigenvalue weighted by molar-refractivity contribution is 0.627. The lowest BCUT2D eigenvalue weighted by Crippen LogP contribution is -2.06. The Labute approximate surface area is 101 Å². The molecule has 1 N–H and O–H groups in total. The van der Waals surface area contributed by atoms with E-state index in [1.165, 1.54) is 6.07 Å². The zero-order valence-corrected chi connectivity index (χ0v) is 10.00. The maximum atomic E-state index is 13.3. The second kappa shape index (κ2) is 5.06. The average molecular weight is 230 g/mol. The Balaban J connectivity index is 2.52. The number of nitrogens with zero attached hydrogens (tertiary/aromatic N) is 1. The molecule has 0 spiro atoms. The molecule has 2 nitrogen and oxygen atoms in total. The van der Waals surface area contributed by atoms with Gasteiger partial charge in [-0.1, -0.05) is 6.07 Å². The van der Waals surface area contributed by atoms with Gasteiger partial charge in [-0.2, -0.15) is 0 Å². The number of nitrogens with one attached hydrogen (secondary N) is 1. The summed E-state index contributed by atoms with van der Waals surface area (Å²) < 4.78 is 13.3. The standard InChI is InChI=1S/C14H15FN2/c1-10-7-11(5-6-17-10)14-8-13(15)4-3-12(14)9-16-2/h3-8,16H,9H2,1-2H3. The minimum absolute atomic E-state index is 0.214. The molecule has 0 saturated heterocycles.